The van der Waals surface area contributed by atoms with E-state index >= 15 is 0 Å². The highest BCUT2D eigenvalue weighted by Crippen LogP contribution is 2.34. The van der Waals surface area contributed by atoms with Crippen LogP contribution in [0.25, 0.3) is 0 Å². The zero-order valence-electron chi connectivity index (χ0n) is 8.48. The zero-order valence-corrected chi connectivity index (χ0v) is 9.30. The summed E-state index contributed by atoms with van der Waals surface area (Å²) in [4.78, 5) is 0. The second-order valence-electron chi connectivity index (χ2n) is 4.79. The maximum absolute atomic E-state index is 11.4. The van der Waals surface area contributed by atoms with Gasteiger partial charge in [-0.3, -0.25) is 0 Å². The van der Waals surface area contributed by atoms with Crippen LogP contribution in [0.5, 0.6) is 0 Å². The van der Waals surface area contributed by atoms with Crippen LogP contribution in [0.1, 0.15) is 32.1 Å². The molecule has 2 fully saturated rings. The van der Waals surface area contributed by atoms with Crippen molar-refractivity contribution in [1.29, 1.82) is 0 Å². The molecule has 2 unspecified atom stereocenters. The summed E-state index contributed by atoms with van der Waals surface area (Å²) < 4.78 is 22.9. The lowest BCUT2D eigenvalue weighted by molar-refractivity contribution is 0.208. The molecule has 0 spiro atoms. The lowest BCUT2D eigenvalue weighted by Gasteiger charge is -2.37. The Morgan fingerprint density at radius 2 is 1.71 bits per heavy atom. The fourth-order valence-electron chi connectivity index (χ4n) is 2.57. The highest BCUT2D eigenvalue weighted by Gasteiger charge is 2.35. The van der Waals surface area contributed by atoms with Crippen molar-refractivity contribution in [3.63, 3.8) is 0 Å². The minimum Gasteiger partial charge on any atom is -0.327 e. The topological polar surface area (TPSA) is 60.2 Å². The Balaban J connectivity index is 1.96. The Kier molecular flexibility index (Phi) is 2.84. The summed E-state index contributed by atoms with van der Waals surface area (Å²) in [6, 6.07) is 0.138. The molecule has 1 aliphatic carbocycles. The molecule has 1 aliphatic heterocycles. The Bertz CT molecular complexity index is 295. The Morgan fingerprint density at radius 3 is 2.21 bits per heavy atom. The van der Waals surface area contributed by atoms with Gasteiger partial charge in [-0.25, -0.2) is 8.42 Å². The highest BCUT2D eigenvalue weighted by molar-refractivity contribution is 7.91. The third kappa shape index (κ3) is 2.11. The van der Waals surface area contributed by atoms with Crippen molar-refractivity contribution >= 4 is 9.84 Å². The molecule has 2 aliphatic rings. The van der Waals surface area contributed by atoms with Gasteiger partial charge in [-0.15, -0.1) is 0 Å². The second kappa shape index (κ2) is 3.81. The molecule has 0 aromatic heterocycles. The quantitative estimate of drug-likeness (QED) is 0.749. The monoisotopic (exact) mass is 217 g/mol. The first kappa shape index (κ1) is 10.4. The Hall–Kier alpha value is -0.0900. The van der Waals surface area contributed by atoms with Crippen LogP contribution in [0.4, 0.5) is 0 Å². The molecule has 4 heteroatoms. The summed E-state index contributed by atoms with van der Waals surface area (Å²) in [6.07, 6.45) is 5.51. The Labute approximate surface area is 86.0 Å². The van der Waals surface area contributed by atoms with Crippen LogP contribution >= 0.6 is 0 Å². The van der Waals surface area contributed by atoms with Crippen molar-refractivity contribution in [2.24, 2.45) is 17.6 Å². The van der Waals surface area contributed by atoms with Gasteiger partial charge >= 0.3 is 0 Å². The van der Waals surface area contributed by atoms with E-state index in [2.05, 4.69) is 0 Å². The Morgan fingerprint density at radius 1 is 1.07 bits per heavy atom. The molecule has 82 valence electrons. The molecule has 1 heterocycles. The van der Waals surface area contributed by atoms with E-state index in [1.54, 1.807) is 0 Å². The van der Waals surface area contributed by atoms with Crippen molar-refractivity contribution in [2.75, 3.05) is 11.5 Å². The van der Waals surface area contributed by atoms with Crippen molar-refractivity contribution in [2.45, 2.75) is 38.1 Å². The van der Waals surface area contributed by atoms with Gasteiger partial charge in [0, 0.05) is 6.04 Å². The lowest BCUT2D eigenvalue weighted by Crippen LogP contribution is -2.45. The van der Waals surface area contributed by atoms with Crippen LogP contribution in [0.3, 0.4) is 0 Å². The van der Waals surface area contributed by atoms with Crippen molar-refractivity contribution in [1.82, 2.24) is 0 Å². The molecule has 2 rings (SSSR count). The van der Waals surface area contributed by atoms with Gasteiger partial charge in [-0.1, -0.05) is 6.42 Å². The molecule has 0 bridgehead atoms. The van der Waals surface area contributed by atoms with Crippen LogP contribution in [-0.4, -0.2) is 26.0 Å². The van der Waals surface area contributed by atoms with Crippen LogP contribution in [-0.2, 0) is 9.84 Å². The summed E-state index contributed by atoms with van der Waals surface area (Å²) >= 11 is 0. The van der Waals surface area contributed by atoms with Gasteiger partial charge in [-0.05, 0) is 37.5 Å². The van der Waals surface area contributed by atoms with E-state index in [1.165, 1.54) is 19.3 Å². The fourth-order valence-corrected chi connectivity index (χ4v) is 4.39. The number of sulfone groups is 1. The van der Waals surface area contributed by atoms with Gasteiger partial charge in [-0.2, -0.15) is 0 Å². The van der Waals surface area contributed by atoms with Gasteiger partial charge in [0.15, 0.2) is 9.84 Å². The van der Waals surface area contributed by atoms with E-state index in [0.29, 0.717) is 17.4 Å². The molecule has 0 amide bonds. The zero-order chi connectivity index (χ0) is 10.2. The predicted molar refractivity (Wildman–Crippen MR) is 56.7 cm³/mol. The third-order valence-corrected chi connectivity index (χ3v) is 5.58. The molecular formula is C10H19NO2S. The first-order valence-electron chi connectivity index (χ1n) is 5.54. The first-order valence-corrected chi connectivity index (χ1v) is 7.37. The van der Waals surface area contributed by atoms with Gasteiger partial charge < -0.3 is 5.73 Å². The van der Waals surface area contributed by atoms with Crippen molar-refractivity contribution < 1.29 is 8.42 Å². The van der Waals surface area contributed by atoms with Crippen LogP contribution < -0.4 is 5.73 Å². The standard InChI is InChI=1S/C10H19NO2S/c11-10(8-3-1-4-8)9-5-2-6-14(12,13)7-9/h8-10H,1-7,11H2. The van der Waals surface area contributed by atoms with Gasteiger partial charge in [0.25, 0.3) is 0 Å². The van der Waals surface area contributed by atoms with E-state index in [9.17, 15) is 8.42 Å². The number of rotatable bonds is 2. The molecule has 2 N–H and O–H groups in total. The maximum Gasteiger partial charge on any atom is 0.150 e. The number of hydrogen-bond donors (Lipinski definition) is 1. The fraction of sp³-hybridized carbons (Fsp3) is 1.00. The summed E-state index contributed by atoms with van der Waals surface area (Å²) in [5.41, 5.74) is 6.11. The lowest BCUT2D eigenvalue weighted by atomic mass is 9.75. The summed E-state index contributed by atoms with van der Waals surface area (Å²) in [5, 5.41) is 0. The van der Waals surface area contributed by atoms with E-state index in [4.69, 9.17) is 5.73 Å². The van der Waals surface area contributed by atoms with Crippen LogP contribution in [0.15, 0.2) is 0 Å². The summed E-state index contributed by atoms with van der Waals surface area (Å²) in [5.74, 6) is 1.55. The minimum absolute atomic E-state index is 0.138. The van der Waals surface area contributed by atoms with E-state index in [1.807, 2.05) is 0 Å². The molecule has 1 saturated carbocycles. The number of hydrogen-bond acceptors (Lipinski definition) is 3. The van der Waals surface area contributed by atoms with Gasteiger partial charge in [0.1, 0.15) is 0 Å². The molecule has 0 aromatic rings. The summed E-state index contributed by atoms with van der Waals surface area (Å²) in [6.45, 7) is 0. The average Bonchev–Trinajstić information content (AvgIpc) is 1.99. The third-order valence-electron chi connectivity index (χ3n) is 3.74. The normalized spacial score (nSPS) is 34.8. The maximum atomic E-state index is 11.4. The van der Waals surface area contributed by atoms with E-state index < -0.39 is 9.84 Å². The molecule has 3 nitrogen and oxygen atoms in total. The van der Waals surface area contributed by atoms with Gasteiger partial charge in [0.05, 0.1) is 11.5 Å². The molecule has 0 aromatic carbocycles. The predicted octanol–water partition coefficient (Wildman–Crippen LogP) is 0.939. The van der Waals surface area contributed by atoms with E-state index in [0.717, 1.165) is 12.8 Å². The molecule has 0 radical (unpaired) electrons. The van der Waals surface area contributed by atoms with Crippen molar-refractivity contribution in [3.8, 4) is 0 Å². The smallest absolute Gasteiger partial charge is 0.150 e. The van der Waals surface area contributed by atoms with Crippen LogP contribution in [0.2, 0.25) is 0 Å². The SMILES string of the molecule is NC(C1CCC1)C1CCCS(=O)(=O)C1. The molecule has 1 saturated heterocycles. The summed E-state index contributed by atoms with van der Waals surface area (Å²) in [7, 11) is -2.77. The van der Waals surface area contributed by atoms with Gasteiger partial charge in [0.2, 0.25) is 0 Å². The molecule has 2 atom stereocenters. The number of nitrogens with two attached hydrogens (primary N) is 1. The van der Waals surface area contributed by atoms with E-state index in [-0.39, 0.29) is 12.0 Å². The average molecular weight is 217 g/mol. The molecular weight excluding hydrogens is 198 g/mol. The minimum atomic E-state index is -2.77. The second-order valence-corrected chi connectivity index (χ2v) is 7.01. The highest BCUT2D eigenvalue weighted by atomic mass is 32.2. The molecule has 14 heavy (non-hydrogen) atoms. The van der Waals surface area contributed by atoms with Crippen molar-refractivity contribution in [3.05, 3.63) is 0 Å². The largest absolute Gasteiger partial charge is 0.327 e. The first-order chi connectivity index (χ1) is 6.58. The van der Waals surface area contributed by atoms with Crippen LogP contribution in [0, 0.1) is 11.8 Å².